The Balaban J connectivity index is 1.42. The quantitative estimate of drug-likeness (QED) is 0.593. The van der Waals surface area contributed by atoms with E-state index in [2.05, 4.69) is 10.3 Å². The van der Waals surface area contributed by atoms with Crippen LogP contribution in [0, 0.1) is 0 Å². The minimum atomic E-state index is -1.02. The smallest absolute Gasteiger partial charge is 0.407 e. The van der Waals surface area contributed by atoms with Crippen LogP contribution in [0.4, 0.5) is 4.79 Å². The lowest BCUT2D eigenvalue weighted by atomic mass is 10.0. The highest BCUT2D eigenvalue weighted by Crippen LogP contribution is 2.25. The third kappa shape index (κ3) is 4.78. The van der Waals surface area contributed by atoms with E-state index in [4.69, 9.17) is 4.74 Å². The van der Waals surface area contributed by atoms with Crippen LogP contribution in [-0.2, 0) is 11.3 Å². The van der Waals surface area contributed by atoms with Gasteiger partial charge in [0, 0.05) is 6.54 Å². The average molecular weight is 372 g/mol. The molecule has 3 rings (SSSR count). The molecule has 1 aromatic heterocycles. The Kier molecular flexibility index (Phi) is 6.17. The summed E-state index contributed by atoms with van der Waals surface area (Å²) < 4.78 is 6.05. The Hall–Kier alpha value is -2.48. The molecule has 2 aromatic carbocycles. The Morgan fingerprint density at radius 1 is 1.19 bits per heavy atom. The van der Waals surface area contributed by atoms with Crippen molar-refractivity contribution in [2.24, 2.45) is 0 Å². The molecule has 0 saturated heterocycles. The van der Waals surface area contributed by atoms with Crippen LogP contribution in [0.5, 0.6) is 0 Å². The number of hydrogen-bond acceptors (Lipinski definition) is 6. The fraction of sp³-hybridized carbons (Fsp3) is 0.263. The molecule has 136 valence electrons. The summed E-state index contributed by atoms with van der Waals surface area (Å²) in [4.78, 5) is 15.9. The molecule has 6 nitrogen and oxygen atoms in total. The van der Waals surface area contributed by atoms with E-state index in [1.165, 1.54) is 11.3 Å². The number of nitrogens with zero attached hydrogens (tertiary/aromatic N) is 1. The number of aliphatic hydroxyl groups excluding tert-OH is 2. The van der Waals surface area contributed by atoms with Crippen molar-refractivity contribution in [2.45, 2.75) is 25.2 Å². The number of nitrogens with one attached hydrogen (secondary N) is 1. The molecule has 3 N–H and O–H groups in total. The molecular formula is C19H20N2O4S. The van der Waals surface area contributed by atoms with E-state index in [0.717, 1.165) is 15.8 Å². The summed E-state index contributed by atoms with van der Waals surface area (Å²) in [6.45, 7) is 0.390. The van der Waals surface area contributed by atoms with Crippen molar-refractivity contribution in [3.63, 3.8) is 0 Å². The molecule has 1 heterocycles. The van der Waals surface area contributed by atoms with Gasteiger partial charge in [0.2, 0.25) is 0 Å². The van der Waals surface area contributed by atoms with Gasteiger partial charge < -0.3 is 20.3 Å². The minimum absolute atomic E-state index is 0.187. The highest BCUT2D eigenvalue weighted by atomic mass is 32.1. The molecule has 26 heavy (non-hydrogen) atoms. The van der Waals surface area contributed by atoms with E-state index < -0.39 is 18.3 Å². The van der Waals surface area contributed by atoms with Crippen molar-refractivity contribution >= 4 is 27.6 Å². The zero-order valence-corrected chi connectivity index (χ0v) is 14.9. The highest BCUT2D eigenvalue weighted by Gasteiger charge is 2.19. The minimum Gasteiger partial charge on any atom is -0.445 e. The van der Waals surface area contributed by atoms with E-state index in [0.29, 0.717) is 5.56 Å². The maximum atomic E-state index is 11.7. The first-order chi connectivity index (χ1) is 12.6. The number of thiazole rings is 1. The van der Waals surface area contributed by atoms with Gasteiger partial charge in [-0.05, 0) is 29.7 Å². The second-order valence-electron chi connectivity index (χ2n) is 5.87. The number of hydrogen-bond donors (Lipinski definition) is 3. The fourth-order valence-corrected chi connectivity index (χ4v) is 3.26. The van der Waals surface area contributed by atoms with Crippen LogP contribution in [0.3, 0.4) is 0 Å². The molecule has 2 unspecified atom stereocenters. The summed E-state index contributed by atoms with van der Waals surface area (Å²) in [5.41, 5.74) is 4.13. The normalized spacial score (nSPS) is 13.3. The second kappa shape index (κ2) is 8.75. The highest BCUT2D eigenvalue weighted by molar-refractivity contribution is 7.16. The third-order valence-electron chi connectivity index (χ3n) is 3.98. The van der Waals surface area contributed by atoms with Gasteiger partial charge in [0.25, 0.3) is 0 Å². The molecule has 2 atom stereocenters. The van der Waals surface area contributed by atoms with Crippen molar-refractivity contribution in [3.05, 3.63) is 65.2 Å². The van der Waals surface area contributed by atoms with E-state index >= 15 is 0 Å². The summed E-state index contributed by atoms with van der Waals surface area (Å²) >= 11 is 1.48. The Labute approximate surface area is 155 Å². The fourth-order valence-electron chi connectivity index (χ4n) is 2.53. The standard InChI is InChI=1S/C19H20N2O4S/c22-16(18(23)14-6-7-15-17(10-14)26-12-21-15)8-9-20-19(24)25-11-13-4-2-1-3-5-13/h1-7,10,12,16,18,22-23H,8-9,11H2,(H,20,24). The number of benzene rings is 2. The first-order valence-corrected chi connectivity index (χ1v) is 9.15. The first kappa shape index (κ1) is 18.3. The summed E-state index contributed by atoms with van der Waals surface area (Å²) in [7, 11) is 0. The Morgan fingerprint density at radius 2 is 2.00 bits per heavy atom. The lowest BCUT2D eigenvalue weighted by molar-refractivity contribution is 0.0137. The molecule has 0 aliphatic rings. The van der Waals surface area contributed by atoms with Gasteiger partial charge in [0.05, 0.1) is 21.8 Å². The van der Waals surface area contributed by atoms with Gasteiger partial charge in [-0.1, -0.05) is 36.4 Å². The van der Waals surface area contributed by atoms with E-state index in [1.807, 2.05) is 42.5 Å². The van der Waals surface area contributed by atoms with Crippen molar-refractivity contribution in [1.82, 2.24) is 10.3 Å². The number of aromatic nitrogens is 1. The number of fused-ring (bicyclic) bond motifs is 1. The molecule has 0 saturated carbocycles. The number of rotatable bonds is 7. The average Bonchev–Trinajstić information content (AvgIpc) is 3.14. The van der Waals surface area contributed by atoms with Crippen molar-refractivity contribution in [1.29, 1.82) is 0 Å². The predicted octanol–water partition coefficient (Wildman–Crippen LogP) is 3.01. The number of carbonyl (C=O) groups excluding carboxylic acids is 1. The summed E-state index contributed by atoms with van der Waals surface area (Å²) in [5.74, 6) is 0. The summed E-state index contributed by atoms with van der Waals surface area (Å²) in [6.07, 6.45) is -2.36. The van der Waals surface area contributed by atoms with Gasteiger partial charge in [-0.2, -0.15) is 0 Å². The molecule has 0 aliphatic heterocycles. The lowest BCUT2D eigenvalue weighted by Crippen LogP contribution is -2.29. The van der Waals surface area contributed by atoms with Crippen LogP contribution in [-0.4, -0.2) is 33.9 Å². The number of ether oxygens (including phenoxy) is 1. The summed E-state index contributed by atoms with van der Waals surface area (Å²) in [5, 5.41) is 23.0. The van der Waals surface area contributed by atoms with Gasteiger partial charge in [-0.3, -0.25) is 0 Å². The third-order valence-corrected chi connectivity index (χ3v) is 4.78. The van der Waals surface area contributed by atoms with Gasteiger partial charge in [-0.25, -0.2) is 9.78 Å². The molecule has 0 spiro atoms. The first-order valence-electron chi connectivity index (χ1n) is 8.27. The number of amides is 1. The van der Waals surface area contributed by atoms with E-state index in [1.54, 1.807) is 11.6 Å². The second-order valence-corrected chi connectivity index (χ2v) is 6.76. The lowest BCUT2D eigenvalue weighted by Gasteiger charge is -2.18. The molecule has 3 aromatic rings. The maximum absolute atomic E-state index is 11.7. The van der Waals surface area contributed by atoms with Crippen molar-refractivity contribution in [2.75, 3.05) is 6.54 Å². The number of carbonyl (C=O) groups is 1. The molecule has 0 fully saturated rings. The van der Waals surface area contributed by atoms with Gasteiger partial charge in [0.15, 0.2) is 0 Å². The molecule has 0 bridgehead atoms. The predicted molar refractivity (Wildman–Crippen MR) is 99.8 cm³/mol. The van der Waals surface area contributed by atoms with E-state index in [-0.39, 0.29) is 19.6 Å². The number of aliphatic hydroxyl groups is 2. The van der Waals surface area contributed by atoms with Crippen LogP contribution in [0.25, 0.3) is 10.2 Å². The monoisotopic (exact) mass is 372 g/mol. The van der Waals surface area contributed by atoms with Gasteiger partial charge in [-0.15, -0.1) is 11.3 Å². The van der Waals surface area contributed by atoms with E-state index in [9.17, 15) is 15.0 Å². The largest absolute Gasteiger partial charge is 0.445 e. The topological polar surface area (TPSA) is 91.7 Å². The zero-order valence-electron chi connectivity index (χ0n) is 14.0. The van der Waals surface area contributed by atoms with Crippen LogP contribution in [0.15, 0.2) is 54.0 Å². The molecule has 0 aliphatic carbocycles. The molecule has 0 radical (unpaired) electrons. The maximum Gasteiger partial charge on any atom is 0.407 e. The molecule has 1 amide bonds. The molecule has 7 heteroatoms. The molecular weight excluding hydrogens is 352 g/mol. The van der Waals surface area contributed by atoms with Crippen molar-refractivity contribution < 1.29 is 19.7 Å². The SMILES string of the molecule is O=C(NCCC(O)C(O)c1ccc2ncsc2c1)OCc1ccccc1. The Morgan fingerprint density at radius 3 is 2.81 bits per heavy atom. The van der Waals surface area contributed by atoms with Gasteiger partial charge in [0.1, 0.15) is 12.7 Å². The Bertz CT molecular complexity index is 853. The van der Waals surface area contributed by atoms with Gasteiger partial charge >= 0.3 is 6.09 Å². The van der Waals surface area contributed by atoms with Crippen LogP contribution < -0.4 is 5.32 Å². The zero-order chi connectivity index (χ0) is 18.4. The number of alkyl carbamates (subject to hydrolysis) is 1. The van der Waals surface area contributed by atoms with Crippen molar-refractivity contribution in [3.8, 4) is 0 Å². The summed E-state index contributed by atoms with van der Waals surface area (Å²) in [6, 6.07) is 14.8. The van der Waals surface area contributed by atoms with Crippen LogP contribution in [0.1, 0.15) is 23.7 Å². The van der Waals surface area contributed by atoms with Crippen LogP contribution in [0.2, 0.25) is 0 Å². The van der Waals surface area contributed by atoms with Crippen LogP contribution >= 0.6 is 11.3 Å².